The van der Waals surface area contributed by atoms with Crippen molar-refractivity contribution in [3.63, 3.8) is 0 Å². The number of halogens is 1. The van der Waals surface area contributed by atoms with E-state index in [0.29, 0.717) is 43.9 Å². The van der Waals surface area contributed by atoms with Crippen LogP contribution < -0.4 is 10.6 Å². The molecule has 1 aromatic carbocycles. The third kappa shape index (κ3) is 4.71. The summed E-state index contributed by atoms with van der Waals surface area (Å²) in [6.45, 7) is 3.44. The fourth-order valence-electron chi connectivity index (χ4n) is 3.81. The van der Waals surface area contributed by atoms with E-state index in [4.69, 9.17) is 16.3 Å². The summed E-state index contributed by atoms with van der Waals surface area (Å²) in [5.74, 6) is 0.0560. The number of aromatic nitrogens is 1. The lowest BCUT2D eigenvalue weighted by Gasteiger charge is -2.30. The van der Waals surface area contributed by atoms with Gasteiger partial charge in [-0.2, -0.15) is 0 Å². The van der Waals surface area contributed by atoms with Gasteiger partial charge in [-0.25, -0.2) is 4.79 Å². The zero-order valence-electron chi connectivity index (χ0n) is 17.0. The van der Waals surface area contributed by atoms with Crippen LogP contribution >= 0.6 is 11.6 Å². The van der Waals surface area contributed by atoms with Gasteiger partial charge in [-0.05, 0) is 24.5 Å². The topological polar surface area (TPSA) is 84.8 Å². The number of carbonyl (C=O) groups excluding carboxylic acids is 2. The number of carbonyl (C=O) groups is 2. The van der Waals surface area contributed by atoms with Crippen LogP contribution in [-0.2, 0) is 27.4 Å². The van der Waals surface area contributed by atoms with Crippen molar-refractivity contribution in [2.24, 2.45) is 0 Å². The molecular weight excluding hydrogens is 408 g/mol. The van der Waals surface area contributed by atoms with Crippen LogP contribution in [0.5, 0.6) is 0 Å². The standard InChI is InChI=1S/C21H27ClN4O4/c1-29-21(28)24-6-8-25-13-17(22)16-5-2-14(10-18(16)25)12-26(15-3-4-15)20(27)19-11-23-7-9-30-19/h2,5,10,13,15,19,23H,3-4,6-9,11-12H2,1H3,(H,24,28)/t19-/m1/s1. The number of morpholine rings is 1. The molecule has 1 atom stereocenters. The fraction of sp³-hybridized carbons (Fsp3) is 0.524. The van der Waals surface area contributed by atoms with Crippen LogP contribution in [0, 0.1) is 0 Å². The van der Waals surface area contributed by atoms with Gasteiger partial charge in [0.05, 0.1) is 18.7 Å². The summed E-state index contributed by atoms with van der Waals surface area (Å²) in [7, 11) is 1.34. The van der Waals surface area contributed by atoms with Crippen molar-refractivity contribution in [1.82, 2.24) is 20.1 Å². The first-order chi connectivity index (χ1) is 14.6. The molecule has 1 saturated carbocycles. The number of benzene rings is 1. The summed E-state index contributed by atoms with van der Waals surface area (Å²) < 4.78 is 12.3. The van der Waals surface area contributed by atoms with Crippen molar-refractivity contribution >= 4 is 34.5 Å². The Bertz CT molecular complexity index is 921. The van der Waals surface area contributed by atoms with Crippen LogP contribution in [0.3, 0.4) is 0 Å². The molecule has 2 fully saturated rings. The maximum Gasteiger partial charge on any atom is 0.406 e. The van der Waals surface area contributed by atoms with Crippen molar-refractivity contribution in [2.75, 3.05) is 33.4 Å². The van der Waals surface area contributed by atoms with E-state index in [1.54, 1.807) is 0 Å². The molecule has 2 heterocycles. The highest BCUT2D eigenvalue weighted by Crippen LogP contribution is 2.31. The van der Waals surface area contributed by atoms with Crippen LogP contribution in [-0.4, -0.2) is 67.0 Å². The number of hydrogen-bond donors (Lipinski definition) is 2. The van der Waals surface area contributed by atoms with Gasteiger partial charge in [-0.3, -0.25) is 4.79 Å². The largest absolute Gasteiger partial charge is 0.453 e. The molecule has 4 rings (SSSR count). The van der Waals surface area contributed by atoms with Crippen molar-refractivity contribution in [1.29, 1.82) is 0 Å². The van der Waals surface area contributed by atoms with Gasteiger partial charge in [0.15, 0.2) is 0 Å². The van der Waals surface area contributed by atoms with Gasteiger partial charge in [0.2, 0.25) is 0 Å². The van der Waals surface area contributed by atoms with Crippen LogP contribution in [0.2, 0.25) is 5.02 Å². The summed E-state index contributed by atoms with van der Waals surface area (Å²) >= 11 is 6.40. The third-order valence-electron chi connectivity index (χ3n) is 5.53. The van der Waals surface area contributed by atoms with Crippen LogP contribution in [0.15, 0.2) is 24.4 Å². The van der Waals surface area contributed by atoms with Gasteiger partial charge in [-0.15, -0.1) is 0 Å². The van der Waals surface area contributed by atoms with E-state index in [9.17, 15) is 9.59 Å². The molecule has 162 valence electrons. The van der Waals surface area contributed by atoms with Crippen molar-refractivity contribution in [2.45, 2.75) is 38.1 Å². The van der Waals surface area contributed by atoms with E-state index in [0.717, 1.165) is 35.9 Å². The summed E-state index contributed by atoms with van der Waals surface area (Å²) in [5, 5.41) is 7.51. The smallest absolute Gasteiger partial charge is 0.406 e. The zero-order valence-corrected chi connectivity index (χ0v) is 17.8. The molecule has 2 aromatic rings. The second kappa shape index (κ2) is 9.24. The molecule has 0 unspecified atom stereocenters. The number of nitrogens with one attached hydrogen (secondary N) is 2. The third-order valence-corrected chi connectivity index (χ3v) is 5.83. The molecule has 1 aliphatic heterocycles. The maximum atomic E-state index is 13.0. The number of alkyl carbamates (subject to hydrolysis) is 1. The minimum Gasteiger partial charge on any atom is -0.453 e. The van der Waals surface area contributed by atoms with Crippen LogP contribution in [0.4, 0.5) is 4.79 Å². The molecular formula is C21H27ClN4O4. The lowest BCUT2D eigenvalue weighted by molar-refractivity contribution is -0.146. The monoisotopic (exact) mass is 434 g/mol. The number of rotatable bonds is 7. The van der Waals surface area contributed by atoms with Gasteiger partial charge in [0.1, 0.15) is 6.10 Å². The number of methoxy groups -OCH3 is 1. The highest BCUT2D eigenvalue weighted by molar-refractivity contribution is 6.35. The van der Waals surface area contributed by atoms with E-state index in [1.165, 1.54) is 7.11 Å². The SMILES string of the molecule is COC(=O)NCCn1cc(Cl)c2ccc(CN(C(=O)[C@H]3CNCCO3)C3CC3)cc21. The maximum absolute atomic E-state index is 13.0. The molecule has 2 N–H and O–H groups in total. The van der Waals surface area contributed by atoms with Crippen molar-refractivity contribution in [3.8, 4) is 0 Å². The van der Waals surface area contributed by atoms with E-state index in [-0.39, 0.29) is 5.91 Å². The first-order valence-electron chi connectivity index (χ1n) is 10.3. The Kier molecular flexibility index (Phi) is 6.46. The normalized spacial score (nSPS) is 18.9. The van der Waals surface area contributed by atoms with Gasteiger partial charge >= 0.3 is 6.09 Å². The molecule has 1 saturated heterocycles. The van der Waals surface area contributed by atoms with Crippen LogP contribution in [0.1, 0.15) is 18.4 Å². The van der Waals surface area contributed by atoms with Crippen molar-refractivity contribution in [3.05, 3.63) is 35.0 Å². The average molecular weight is 435 g/mol. The molecule has 1 aromatic heterocycles. The predicted octanol–water partition coefficient (Wildman–Crippen LogP) is 2.13. The predicted molar refractivity (Wildman–Crippen MR) is 114 cm³/mol. The Morgan fingerprint density at radius 2 is 2.23 bits per heavy atom. The first kappa shape index (κ1) is 21.0. The summed E-state index contributed by atoms with van der Waals surface area (Å²) in [6, 6.07) is 6.37. The van der Waals surface area contributed by atoms with E-state index in [1.807, 2.05) is 27.8 Å². The van der Waals surface area contributed by atoms with Gasteiger partial charge in [-0.1, -0.05) is 23.7 Å². The van der Waals surface area contributed by atoms with Gasteiger partial charge < -0.3 is 29.6 Å². The molecule has 0 bridgehead atoms. The number of fused-ring (bicyclic) bond motifs is 1. The Balaban J connectivity index is 1.50. The summed E-state index contributed by atoms with van der Waals surface area (Å²) in [6.07, 6.45) is 3.06. The average Bonchev–Trinajstić information content (AvgIpc) is 3.57. The Morgan fingerprint density at radius 1 is 1.40 bits per heavy atom. The number of amides is 2. The van der Waals surface area contributed by atoms with E-state index < -0.39 is 12.2 Å². The first-order valence-corrected chi connectivity index (χ1v) is 10.7. The minimum atomic E-state index is -0.462. The summed E-state index contributed by atoms with van der Waals surface area (Å²) in [4.78, 5) is 26.3. The lowest BCUT2D eigenvalue weighted by Crippen LogP contribution is -2.49. The Morgan fingerprint density at radius 3 is 2.93 bits per heavy atom. The summed E-state index contributed by atoms with van der Waals surface area (Å²) in [5.41, 5.74) is 2.02. The Hall–Kier alpha value is -2.29. The zero-order chi connectivity index (χ0) is 21.1. The van der Waals surface area contributed by atoms with Gasteiger partial charge in [0.25, 0.3) is 5.91 Å². The molecule has 0 radical (unpaired) electrons. The fourth-order valence-corrected chi connectivity index (χ4v) is 4.08. The molecule has 1 aliphatic carbocycles. The Labute approximate surface area is 180 Å². The lowest BCUT2D eigenvalue weighted by atomic mass is 10.1. The van der Waals surface area contributed by atoms with Crippen LogP contribution in [0.25, 0.3) is 10.9 Å². The molecule has 30 heavy (non-hydrogen) atoms. The van der Waals surface area contributed by atoms with E-state index >= 15 is 0 Å². The second-order valence-corrected chi connectivity index (χ2v) is 8.11. The molecule has 9 heteroatoms. The number of ether oxygens (including phenoxy) is 2. The highest BCUT2D eigenvalue weighted by atomic mass is 35.5. The van der Waals surface area contributed by atoms with Crippen molar-refractivity contribution < 1.29 is 19.1 Å². The molecule has 2 amide bonds. The molecule has 2 aliphatic rings. The quantitative estimate of drug-likeness (QED) is 0.697. The van der Waals surface area contributed by atoms with Gasteiger partial charge in [0, 0.05) is 55.9 Å². The molecule has 0 spiro atoms. The number of nitrogens with zero attached hydrogens (tertiary/aromatic N) is 2. The minimum absolute atomic E-state index is 0.0560. The number of hydrogen-bond acceptors (Lipinski definition) is 5. The molecule has 8 nitrogen and oxygen atoms in total. The van der Waals surface area contributed by atoms with E-state index in [2.05, 4.69) is 21.4 Å². The second-order valence-electron chi connectivity index (χ2n) is 7.70. The highest BCUT2D eigenvalue weighted by Gasteiger charge is 2.36.